The van der Waals surface area contributed by atoms with E-state index in [0.29, 0.717) is 0 Å². The van der Waals surface area contributed by atoms with Crippen molar-refractivity contribution in [3.63, 3.8) is 0 Å². The molecule has 17 heavy (non-hydrogen) atoms. The third kappa shape index (κ3) is 1.66. The van der Waals surface area contributed by atoms with Gasteiger partial charge in [-0.25, -0.2) is 0 Å². The summed E-state index contributed by atoms with van der Waals surface area (Å²) in [5, 5.41) is 4.87. The fourth-order valence-corrected chi connectivity index (χ4v) is 2.82. The molecule has 3 rings (SSSR count). The molecule has 0 bridgehead atoms. The van der Waals surface area contributed by atoms with Crippen molar-refractivity contribution < 1.29 is 0 Å². The van der Waals surface area contributed by atoms with Crippen LogP contribution in [0.2, 0.25) is 0 Å². The molecule has 0 saturated carbocycles. The Morgan fingerprint density at radius 1 is 1.29 bits per heavy atom. The number of aromatic nitrogens is 1. The van der Waals surface area contributed by atoms with Crippen molar-refractivity contribution in [1.82, 2.24) is 10.3 Å². The largest absolute Gasteiger partial charge is 0.357 e. The molecule has 0 fully saturated rings. The Morgan fingerprint density at radius 3 is 2.82 bits per heavy atom. The molecule has 0 radical (unpaired) electrons. The molecule has 1 aliphatic heterocycles. The first-order chi connectivity index (χ1) is 8.07. The zero-order valence-corrected chi connectivity index (χ0v) is 10.4. The zero-order valence-electron chi connectivity index (χ0n) is 10.4. The lowest BCUT2D eigenvalue weighted by atomic mass is 9.87. The van der Waals surface area contributed by atoms with Gasteiger partial charge in [0, 0.05) is 22.1 Å². The number of benzene rings is 1. The van der Waals surface area contributed by atoms with Crippen molar-refractivity contribution >= 4 is 10.9 Å². The van der Waals surface area contributed by atoms with Gasteiger partial charge in [-0.2, -0.15) is 0 Å². The number of aromatic amines is 1. The van der Waals surface area contributed by atoms with E-state index in [9.17, 15) is 0 Å². The van der Waals surface area contributed by atoms with E-state index in [2.05, 4.69) is 48.4 Å². The molecule has 2 aromatic rings. The van der Waals surface area contributed by atoms with Crippen LogP contribution in [0, 0.1) is 0 Å². The SMILES string of the molecule is CC(C)(N)C1NCCc2c1[nH]c1ccccc21. The van der Waals surface area contributed by atoms with Crippen molar-refractivity contribution in [3.8, 4) is 0 Å². The number of hydrogen-bond acceptors (Lipinski definition) is 2. The number of fused-ring (bicyclic) bond motifs is 3. The van der Waals surface area contributed by atoms with E-state index < -0.39 is 0 Å². The molecule has 1 unspecified atom stereocenters. The average molecular weight is 229 g/mol. The zero-order chi connectivity index (χ0) is 12.0. The van der Waals surface area contributed by atoms with Crippen molar-refractivity contribution in [2.24, 2.45) is 5.73 Å². The molecular weight excluding hydrogens is 210 g/mol. The van der Waals surface area contributed by atoms with Crippen LogP contribution in [0.4, 0.5) is 0 Å². The highest BCUT2D eigenvalue weighted by molar-refractivity contribution is 5.85. The highest BCUT2D eigenvalue weighted by Crippen LogP contribution is 2.33. The van der Waals surface area contributed by atoms with Gasteiger partial charge in [0.1, 0.15) is 0 Å². The summed E-state index contributed by atoms with van der Waals surface area (Å²) in [6.45, 7) is 5.15. The Hall–Kier alpha value is -1.32. The van der Waals surface area contributed by atoms with Gasteiger partial charge in [0.05, 0.1) is 6.04 Å². The summed E-state index contributed by atoms with van der Waals surface area (Å²) < 4.78 is 0. The van der Waals surface area contributed by atoms with Gasteiger partial charge in [0.25, 0.3) is 0 Å². The maximum Gasteiger partial charge on any atom is 0.0653 e. The average Bonchev–Trinajstić information content (AvgIpc) is 2.65. The first-order valence-electron chi connectivity index (χ1n) is 6.19. The molecule has 0 spiro atoms. The molecule has 0 amide bonds. The van der Waals surface area contributed by atoms with E-state index in [4.69, 9.17) is 5.73 Å². The molecule has 1 aromatic carbocycles. The van der Waals surface area contributed by atoms with Gasteiger partial charge in [0.2, 0.25) is 0 Å². The number of H-pyrrole nitrogens is 1. The van der Waals surface area contributed by atoms with Crippen LogP contribution in [0.1, 0.15) is 31.1 Å². The number of hydrogen-bond donors (Lipinski definition) is 3. The van der Waals surface area contributed by atoms with Crippen LogP contribution in [-0.2, 0) is 6.42 Å². The molecule has 4 N–H and O–H groups in total. The minimum absolute atomic E-state index is 0.207. The Kier molecular flexibility index (Phi) is 2.28. The van der Waals surface area contributed by atoms with Gasteiger partial charge >= 0.3 is 0 Å². The van der Waals surface area contributed by atoms with Crippen molar-refractivity contribution in [3.05, 3.63) is 35.5 Å². The Bertz CT molecular complexity index is 548. The van der Waals surface area contributed by atoms with E-state index >= 15 is 0 Å². The van der Waals surface area contributed by atoms with Gasteiger partial charge in [0.15, 0.2) is 0 Å². The highest BCUT2D eigenvalue weighted by atomic mass is 15.0. The maximum absolute atomic E-state index is 6.26. The Morgan fingerprint density at radius 2 is 2.06 bits per heavy atom. The standard InChI is InChI=1S/C14H19N3/c1-14(2,15)13-12-10(7-8-16-13)9-5-3-4-6-11(9)17-12/h3-6,13,16-17H,7-8,15H2,1-2H3. The summed E-state index contributed by atoms with van der Waals surface area (Å²) in [5.74, 6) is 0. The Balaban J connectivity index is 2.21. The van der Waals surface area contributed by atoms with Crippen LogP contribution in [0.25, 0.3) is 10.9 Å². The highest BCUT2D eigenvalue weighted by Gasteiger charge is 2.32. The minimum Gasteiger partial charge on any atom is -0.357 e. The third-order valence-corrected chi connectivity index (χ3v) is 3.60. The molecule has 0 aliphatic carbocycles. The lowest BCUT2D eigenvalue weighted by molar-refractivity contribution is 0.332. The predicted molar refractivity (Wildman–Crippen MR) is 71.0 cm³/mol. The summed E-state index contributed by atoms with van der Waals surface area (Å²) in [6, 6.07) is 8.70. The second kappa shape index (κ2) is 3.59. The quantitative estimate of drug-likeness (QED) is 0.701. The molecule has 1 aromatic heterocycles. The summed E-state index contributed by atoms with van der Waals surface area (Å²) in [5.41, 5.74) is 9.93. The monoisotopic (exact) mass is 229 g/mol. The van der Waals surface area contributed by atoms with E-state index in [-0.39, 0.29) is 11.6 Å². The summed E-state index contributed by atoms with van der Waals surface area (Å²) in [4.78, 5) is 3.53. The molecule has 3 nitrogen and oxygen atoms in total. The fraction of sp³-hybridized carbons (Fsp3) is 0.429. The number of nitrogens with one attached hydrogen (secondary N) is 2. The van der Waals surface area contributed by atoms with Gasteiger partial charge in [-0.05, 0) is 38.4 Å². The normalized spacial score (nSPS) is 20.5. The maximum atomic E-state index is 6.26. The van der Waals surface area contributed by atoms with E-state index in [1.807, 2.05) is 0 Å². The first-order valence-corrected chi connectivity index (χ1v) is 6.19. The van der Waals surface area contributed by atoms with Crippen LogP contribution in [0.15, 0.2) is 24.3 Å². The first kappa shape index (κ1) is 10.8. The van der Waals surface area contributed by atoms with Crippen molar-refractivity contribution in [2.45, 2.75) is 31.8 Å². The molecule has 1 atom stereocenters. The summed E-state index contributed by atoms with van der Waals surface area (Å²) in [6.07, 6.45) is 1.08. The molecule has 0 saturated heterocycles. The van der Waals surface area contributed by atoms with Crippen molar-refractivity contribution in [1.29, 1.82) is 0 Å². The molecule has 1 aliphatic rings. The summed E-state index contributed by atoms with van der Waals surface area (Å²) in [7, 11) is 0. The minimum atomic E-state index is -0.254. The lowest BCUT2D eigenvalue weighted by Crippen LogP contribution is -2.49. The molecular formula is C14H19N3. The van der Waals surface area contributed by atoms with Gasteiger partial charge in [-0.15, -0.1) is 0 Å². The topological polar surface area (TPSA) is 53.8 Å². The fourth-order valence-electron chi connectivity index (χ4n) is 2.82. The van der Waals surface area contributed by atoms with Crippen LogP contribution < -0.4 is 11.1 Å². The van der Waals surface area contributed by atoms with E-state index in [0.717, 1.165) is 13.0 Å². The smallest absolute Gasteiger partial charge is 0.0653 e. The predicted octanol–water partition coefficient (Wildman–Crippen LogP) is 2.09. The van der Waals surface area contributed by atoms with E-state index in [1.54, 1.807) is 0 Å². The second-order valence-electron chi connectivity index (χ2n) is 5.52. The number of rotatable bonds is 1. The van der Waals surface area contributed by atoms with Gasteiger partial charge in [-0.1, -0.05) is 18.2 Å². The summed E-state index contributed by atoms with van der Waals surface area (Å²) >= 11 is 0. The van der Waals surface area contributed by atoms with Crippen LogP contribution in [0.5, 0.6) is 0 Å². The van der Waals surface area contributed by atoms with Crippen LogP contribution in [-0.4, -0.2) is 17.1 Å². The van der Waals surface area contributed by atoms with Gasteiger partial charge < -0.3 is 16.0 Å². The van der Waals surface area contributed by atoms with Crippen molar-refractivity contribution in [2.75, 3.05) is 6.54 Å². The van der Waals surface area contributed by atoms with Crippen LogP contribution >= 0.6 is 0 Å². The molecule has 3 heteroatoms. The molecule has 90 valence electrons. The van der Waals surface area contributed by atoms with E-state index in [1.165, 1.54) is 22.2 Å². The molecule has 2 heterocycles. The number of nitrogens with two attached hydrogens (primary N) is 1. The second-order valence-corrected chi connectivity index (χ2v) is 5.52. The lowest BCUT2D eigenvalue weighted by Gasteiger charge is -2.34. The van der Waals surface area contributed by atoms with Gasteiger partial charge in [-0.3, -0.25) is 0 Å². The Labute approximate surface area is 101 Å². The van der Waals surface area contributed by atoms with Crippen LogP contribution in [0.3, 0.4) is 0 Å². The third-order valence-electron chi connectivity index (χ3n) is 3.60. The number of para-hydroxylation sites is 1.